The minimum atomic E-state index is -0.418. The Morgan fingerprint density at radius 2 is 1.83 bits per heavy atom. The Hall–Kier alpha value is -3.19. The van der Waals surface area contributed by atoms with Gasteiger partial charge in [-0.3, -0.25) is 14.5 Å². The van der Waals surface area contributed by atoms with E-state index in [1.54, 1.807) is 30.3 Å². The van der Waals surface area contributed by atoms with E-state index in [1.165, 1.54) is 11.0 Å². The van der Waals surface area contributed by atoms with Gasteiger partial charge in [-0.05, 0) is 38.1 Å². The summed E-state index contributed by atoms with van der Waals surface area (Å²) in [7, 11) is 0. The quantitative estimate of drug-likeness (QED) is 0.840. The molecule has 1 saturated heterocycles. The zero-order valence-electron chi connectivity index (χ0n) is 17.0. The molecular weight excluding hydrogens is 385 g/mol. The highest BCUT2D eigenvalue weighted by molar-refractivity contribution is 6.11. The standard InChI is InChI=1S/C23H24FN3O3/c1-14-11-26(12-15(2)30-14)21-9-8-17(10-20(21)24)25-22(28)13-27-16(3)18-6-4-5-7-19(18)23(27)29/h4-10,14-15H,3,11-13H2,1-2H3,(H,25,28). The lowest BCUT2D eigenvalue weighted by Gasteiger charge is -2.37. The van der Waals surface area contributed by atoms with Crippen LogP contribution in [-0.2, 0) is 9.53 Å². The van der Waals surface area contributed by atoms with Crippen molar-refractivity contribution in [1.29, 1.82) is 0 Å². The highest BCUT2D eigenvalue weighted by Gasteiger charge is 2.32. The zero-order valence-corrected chi connectivity index (χ0v) is 17.0. The van der Waals surface area contributed by atoms with Gasteiger partial charge < -0.3 is 15.0 Å². The molecule has 0 radical (unpaired) electrons. The lowest BCUT2D eigenvalue weighted by Crippen LogP contribution is -2.45. The minimum absolute atomic E-state index is 0.0164. The van der Waals surface area contributed by atoms with Crippen LogP contribution in [0.4, 0.5) is 15.8 Å². The summed E-state index contributed by atoms with van der Waals surface area (Å²) in [5.41, 5.74) is 2.56. The number of carbonyl (C=O) groups excluding carboxylic acids is 2. The minimum Gasteiger partial charge on any atom is -0.372 e. The molecule has 1 N–H and O–H groups in total. The van der Waals surface area contributed by atoms with Crippen molar-refractivity contribution >= 4 is 28.9 Å². The van der Waals surface area contributed by atoms with Crippen molar-refractivity contribution in [2.75, 3.05) is 29.9 Å². The number of anilines is 2. The summed E-state index contributed by atoms with van der Waals surface area (Å²) in [4.78, 5) is 28.3. The number of benzene rings is 2. The van der Waals surface area contributed by atoms with Crippen molar-refractivity contribution in [1.82, 2.24) is 4.90 Å². The van der Waals surface area contributed by atoms with Gasteiger partial charge in [0.1, 0.15) is 12.4 Å². The maximum absolute atomic E-state index is 14.7. The van der Waals surface area contributed by atoms with E-state index in [-0.39, 0.29) is 24.7 Å². The molecule has 2 heterocycles. The van der Waals surface area contributed by atoms with Crippen LogP contribution in [-0.4, -0.2) is 48.6 Å². The summed E-state index contributed by atoms with van der Waals surface area (Å²) in [5.74, 6) is -1.09. The second-order valence-corrected chi connectivity index (χ2v) is 7.76. The fourth-order valence-electron chi connectivity index (χ4n) is 4.06. The van der Waals surface area contributed by atoms with Gasteiger partial charge in [0.2, 0.25) is 5.91 Å². The summed E-state index contributed by atoms with van der Waals surface area (Å²) < 4.78 is 20.4. The van der Waals surface area contributed by atoms with Gasteiger partial charge in [-0.1, -0.05) is 24.8 Å². The third-order valence-electron chi connectivity index (χ3n) is 5.33. The predicted molar refractivity (Wildman–Crippen MR) is 114 cm³/mol. The first-order chi connectivity index (χ1) is 14.3. The Morgan fingerprint density at radius 1 is 1.17 bits per heavy atom. The third kappa shape index (κ3) is 3.80. The normalized spacial score (nSPS) is 21.0. The van der Waals surface area contributed by atoms with Crippen molar-refractivity contribution in [2.24, 2.45) is 0 Å². The molecule has 0 aromatic heterocycles. The van der Waals surface area contributed by atoms with E-state index in [0.717, 1.165) is 5.56 Å². The number of morpholine rings is 1. The van der Waals surface area contributed by atoms with Crippen molar-refractivity contribution in [3.8, 4) is 0 Å². The van der Waals surface area contributed by atoms with Crippen LogP contribution >= 0.6 is 0 Å². The Labute approximate surface area is 174 Å². The number of ether oxygens (including phenoxy) is 1. The van der Waals surface area contributed by atoms with E-state index in [4.69, 9.17) is 4.74 Å². The Balaban J connectivity index is 1.43. The maximum Gasteiger partial charge on any atom is 0.259 e. The first-order valence-electron chi connectivity index (χ1n) is 9.93. The van der Waals surface area contributed by atoms with Crippen LogP contribution in [0, 0.1) is 5.82 Å². The Morgan fingerprint density at radius 3 is 2.47 bits per heavy atom. The van der Waals surface area contributed by atoms with Crippen LogP contribution < -0.4 is 10.2 Å². The van der Waals surface area contributed by atoms with Gasteiger partial charge in [-0.15, -0.1) is 0 Å². The van der Waals surface area contributed by atoms with Crippen molar-refractivity contribution in [2.45, 2.75) is 26.1 Å². The number of hydrogen-bond acceptors (Lipinski definition) is 4. The number of nitrogens with zero attached hydrogens (tertiary/aromatic N) is 2. The fourth-order valence-corrected chi connectivity index (χ4v) is 4.06. The second kappa shape index (κ2) is 7.91. The lowest BCUT2D eigenvalue weighted by molar-refractivity contribution is -0.116. The number of carbonyl (C=O) groups is 2. The van der Waals surface area contributed by atoms with Gasteiger partial charge in [0.25, 0.3) is 5.91 Å². The monoisotopic (exact) mass is 409 g/mol. The number of fused-ring (bicyclic) bond motifs is 1. The largest absolute Gasteiger partial charge is 0.372 e. The third-order valence-corrected chi connectivity index (χ3v) is 5.33. The molecule has 6 nitrogen and oxygen atoms in total. The average Bonchev–Trinajstić information content (AvgIpc) is 2.92. The van der Waals surface area contributed by atoms with Crippen LogP contribution in [0.5, 0.6) is 0 Å². The van der Waals surface area contributed by atoms with E-state index in [9.17, 15) is 14.0 Å². The molecule has 7 heteroatoms. The van der Waals surface area contributed by atoms with E-state index >= 15 is 0 Å². The molecule has 2 amide bonds. The number of amides is 2. The van der Waals surface area contributed by atoms with Crippen LogP contribution in [0.15, 0.2) is 49.0 Å². The molecule has 2 aliphatic heterocycles. The molecule has 4 rings (SSSR count). The topological polar surface area (TPSA) is 61.9 Å². The first kappa shape index (κ1) is 20.1. The smallest absolute Gasteiger partial charge is 0.259 e. The van der Waals surface area contributed by atoms with E-state index in [2.05, 4.69) is 11.9 Å². The summed E-state index contributed by atoms with van der Waals surface area (Å²) in [6.07, 6.45) is 0.0329. The van der Waals surface area contributed by atoms with E-state index in [1.807, 2.05) is 24.8 Å². The maximum atomic E-state index is 14.7. The summed E-state index contributed by atoms with van der Waals surface area (Å²) in [5, 5.41) is 2.67. The van der Waals surface area contributed by atoms with Gasteiger partial charge >= 0.3 is 0 Å². The highest BCUT2D eigenvalue weighted by atomic mass is 19.1. The van der Waals surface area contributed by atoms with Crippen molar-refractivity contribution in [3.63, 3.8) is 0 Å². The predicted octanol–water partition coefficient (Wildman–Crippen LogP) is 3.50. The summed E-state index contributed by atoms with van der Waals surface area (Å²) >= 11 is 0. The molecule has 0 saturated carbocycles. The molecule has 0 spiro atoms. The molecule has 2 aromatic carbocycles. The van der Waals surface area contributed by atoms with Gasteiger partial charge in [0, 0.05) is 35.6 Å². The van der Waals surface area contributed by atoms with Crippen LogP contribution in [0.2, 0.25) is 0 Å². The average molecular weight is 409 g/mol. The van der Waals surface area contributed by atoms with Gasteiger partial charge in [0.05, 0.1) is 17.9 Å². The number of rotatable bonds is 4. The van der Waals surface area contributed by atoms with Gasteiger partial charge in [-0.25, -0.2) is 4.39 Å². The van der Waals surface area contributed by atoms with E-state index < -0.39 is 11.7 Å². The molecule has 30 heavy (non-hydrogen) atoms. The number of hydrogen-bond donors (Lipinski definition) is 1. The van der Waals surface area contributed by atoms with Gasteiger partial charge in [0.15, 0.2) is 0 Å². The van der Waals surface area contributed by atoms with Crippen LogP contribution in [0.1, 0.15) is 29.8 Å². The molecular formula is C23H24FN3O3. The Kier molecular flexibility index (Phi) is 5.30. The second-order valence-electron chi connectivity index (χ2n) is 7.76. The molecule has 2 aliphatic rings. The summed E-state index contributed by atoms with van der Waals surface area (Å²) in [6, 6.07) is 11.7. The van der Waals surface area contributed by atoms with E-state index in [0.29, 0.717) is 35.7 Å². The molecule has 156 valence electrons. The number of halogens is 1. The SMILES string of the molecule is C=C1c2ccccc2C(=O)N1CC(=O)Nc1ccc(N2CC(C)OC(C)C2)c(F)c1. The first-order valence-corrected chi connectivity index (χ1v) is 9.93. The molecule has 0 aliphatic carbocycles. The molecule has 2 unspecified atom stereocenters. The van der Waals surface area contributed by atoms with Crippen molar-refractivity contribution in [3.05, 3.63) is 66.0 Å². The van der Waals surface area contributed by atoms with Gasteiger partial charge in [-0.2, -0.15) is 0 Å². The fraction of sp³-hybridized carbons (Fsp3) is 0.304. The lowest BCUT2D eigenvalue weighted by atomic mass is 10.1. The molecule has 2 aromatic rings. The number of nitrogens with one attached hydrogen (secondary N) is 1. The molecule has 2 atom stereocenters. The van der Waals surface area contributed by atoms with Crippen molar-refractivity contribution < 1.29 is 18.7 Å². The Bertz CT molecular complexity index is 978. The highest BCUT2D eigenvalue weighted by Crippen LogP contribution is 2.31. The summed E-state index contributed by atoms with van der Waals surface area (Å²) in [6.45, 7) is 8.87. The zero-order chi connectivity index (χ0) is 21.4. The van der Waals surface area contributed by atoms with Crippen LogP contribution in [0.25, 0.3) is 5.70 Å². The van der Waals surface area contributed by atoms with Crippen LogP contribution in [0.3, 0.4) is 0 Å². The molecule has 1 fully saturated rings. The molecule has 0 bridgehead atoms.